The van der Waals surface area contributed by atoms with Crippen molar-refractivity contribution in [2.75, 3.05) is 0 Å². The van der Waals surface area contributed by atoms with Crippen molar-refractivity contribution in [3.63, 3.8) is 0 Å². The summed E-state index contributed by atoms with van der Waals surface area (Å²) in [4.78, 5) is 12.2. The van der Waals surface area contributed by atoms with E-state index in [0.29, 0.717) is 12.8 Å². The maximum atomic E-state index is 12.2. The zero-order chi connectivity index (χ0) is 14.8. The molecule has 1 aliphatic rings. The van der Waals surface area contributed by atoms with Crippen LogP contribution in [0.2, 0.25) is 0 Å². The molecular formula is C17H16BrNO2. The van der Waals surface area contributed by atoms with Crippen molar-refractivity contribution < 1.29 is 9.90 Å². The van der Waals surface area contributed by atoms with E-state index in [1.807, 2.05) is 48.5 Å². The number of halogens is 1. The van der Waals surface area contributed by atoms with Gasteiger partial charge >= 0.3 is 0 Å². The molecule has 4 heteroatoms. The molecule has 1 aliphatic carbocycles. The van der Waals surface area contributed by atoms with Gasteiger partial charge in [0.2, 0.25) is 5.91 Å². The van der Waals surface area contributed by atoms with Crippen LogP contribution in [0.3, 0.4) is 0 Å². The van der Waals surface area contributed by atoms with Crippen molar-refractivity contribution in [2.45, 2.75) is 25.0 Å². The van der Waals surface area contributed by atoms with Crippen molar-refractivity contribution in [3.8, 4) is 0 Å². The smallest absolute Gasteiger partial charge is 0.224 e. The number of rotatable bonds is 3. The monoisotopic (exact) mass is 345 g/mol. The predicted octanol–water partition coefficient (Wildman–Crippen LogP) is 2.77. The Morgan fingerprint density at radius 2 is 2.05 bits per heavy atom. The van der Waals surface area contributed by atoms with E-state index in [4.69, 9.17) is 0 Å². The molecule has 1 amide bonds. The molecule has 21 heavy (non-hydrogen) atoms. The summed E-state index contributed by atoms with van der Waals surface area (Å²) in [5.41, 5.74) is 3.08. The van der Waals surface area contributed by atoms with Gasteiger partial charge in [-0.25, -0.2) is 0 Å². The molecule has 2 atom stereocenters. The van der Waals surface area contributed by atoms with Gasteiger partial charge in [0, 0.05) is 10.9 Å². The number of fused-ring (bicyclic) bond motifs is 1. The Morgan fingerprint density at radius 1 is 1.24 bits per heavy atom. The number of amides is 1. The van der Waals surface area contributed by atoms with E-state index >= 15 is 0 Å². The molecule has 0 saturated carbocycles. The number of nitrogens with one attached hydrogen (secondary N) is 1. The minimum Gasteiger partial charge on any atom is -0.390 e. The second kappa shape index (κ2) is 6.00. The average Bonchev–Trinajstić information content (AvgIpc) is 2.75. The van der Waals surface area contributed by atoms with Gasteiger partial charge in [-0.1, -0.05) is 52.3 Å². The molecule has 2 aromatic carbocycles. The Hall–Kier alpha value is -1.65. The predicted molar refractivity (Wildman–Crippen MR) is 84.9 cm³/mol. The van der Waals surface area contributed by atoms with Crippen LogP contribution in [0.4, 0.5) is 0 Å². The van der Waals surface area contributed by atoms with Crippen molar-refractivity contribution >= 4 is 21.8 Å². The number of carbonyl (C=O) groups excluding carboxylic acids is 1. The second-order valence-electron chi connectivity index (χ2n) is 5.32. The van der Waals surface area contributed by atoms with E-state index in [2.05, 4.69) is 21.2 Å². The summed E-state index contributed by atoms with van der Waals surface area (Å²) < 4.78 is 0.957. The Labute approximate surface area is 132 Å². The first kappa shape index (κ1) is 14.3. The molecule has 0 aromatic heterocycles. The number of hydrogen-bond acceptors (Lipinski definition) is 2. The Kier molecular flexibility index (Phi) is 4.08. The van der Waals surface area contributed by atoms with Crippen LogP contribution in [0.15, 0.2) is 53.0 Å². The molecule has 108 valence electrons. The molecular weight excluding hydrogens is 330 g/mol. The lowest BCUT2D eigenvalue weighted by Crippen LogP contribution is -2.34. The summed E-state index contributed by atoms with van der Waals surface area (Å²) in [7, 11) is 0. The Bertz CT molecular complexity index is 671. The maximum absolute atomic E-state index is 12.2. The average molecular weight is 346 g/mol. The van der Waals surface area contributed by atoms with Gasteiger partial charge in [0.15, 0.2) is 0 Å². The van der Waals surface area contributed by atoms with Gasteiger partial charge in [-0.15, -0.1) is 0 Å². The molecule has 0 fully saturated rings. The van der Waals surface area contributed by atoms with Gasteiger partial charge in [-0.2, -0.15) is 0 Å². The summed E-state index contributed by atoms with van der Waals surface area (Å²) >= 11 is 3.40. The van der Waals surface area contributed by atoms with Crippen LogP contribution in [0.1, 0.15) is 22.7 Å². The summed E-state index contributed by atoms with van der Waals surface area (Å²) in [6.07, 6.45) is 0.358. The topological polar surface area (TPSA) is 49.3 Å². The van der Waals surface area contributed by atoms with E-state index < -0.39 is 6.10 Å². The highest BCUT2D eigenvalue weighted by atomic mass is 79.9. The van der Waals surface area contributed by atoms with Crippen LogP contribution in [0, 0.1) is 0 Å². The molecule has 3 nitrogen and oxygen atoms in total. The fourth-order valence-corrected chi connectivity index (χ4v) is 3.25. The zero-order valence-electron chi connectivity index (χ0n) is 11.4. The summed E-state index contributed by atoms with van der Waals surface area (Å²) in [5, 5.41) is 13.1. The molecule has 2 N–H and O–H groups in total. The molecule has 0 bridgehead atoms. The lowest BCUT2D eigenvalue weighted by Gasteiger charge is -2.18. The van der Waals surface area contributed by atoms with Crippen molar-refractivity contribution in [3.05, 3.63) is 69.7 Å². The first-order valence-electron chi connectivity index (χ1n) is 6.93. The molecule has 0 unspecified atom stereocenters. The van der Waals surface area contributed by atoms with Crippen LogP contribution < -0.4 is 5.32 Å². The molecule has 0 radical (unpaired) electrons. The number of hydrogen-bond donors (Lipinski definition) is 2. The minimum absolute atomic E-state index is 0.0751. The van der Waals surface area contributed by atoms with Crippen molar-refractivity contribution in [2.24, 2.45) is 0 Å². The second-order valence-corrected chi connectivity index (χ2v) is 6.24. The van der Waals surface area contributed by atoms with Gasteiger partial charge in [0.25, 0.3) is 0 Å². The van der Waals surface area contributed by atoms with E-state index in [0.717, 1.165) is 21.2 Å². The lowest BCUT2D eigenvalue weighted by atomic mass is 10.1. The molecule has 0 spiro atoms. The van der Waals surface area contributed by atoms with E-state index in [1.54, 1.807) is 0 Å². The van der Waals surface area contributed by atoms with Crippen molar-refractivity contribution in [1.82, 2.24) is 5.32 Å². The van der Waals surface area contributed by atoms with E-state index in [9.17, 15) is 9.90 Å². The summed E-state index contributed by atoms with van der Waals surface area (Å²) in [6, 6.07) is 15.2. The van der Waals surface area contributed by atoms with Gasteiger partial charge in [0.05, 0.1) is 18.6 Å². The first-order chi connectivity index (χ1) is 10.1. The number of carbonyl (C=O) groups is 1. The van der Waals surface area contributed by atoms with Crippen LogP contribution in [-0.2, 0) is 17.6 Å². The molecule has 2 aromatic rings. The minimum atomic E-state index is -0.547. The van der Waals surface area contributed by atoms with Gasteiger partial charge in [-0.3, -0.25) is 4.79 Å². The number of aliphatic hydroxyl groups is 1. The SMILES string of the molecule is O=C(Cc1cccc(Br)c1)N[C@@H]1c2ccccc2C[C@@H]1O. The quantitative estimate of drug-likeness (QED) is 0.898. The van der Waals surface area contributed by atoms with Crippen molar-refractivity contribution in [1.29, 1.82) is 0 Å². The number of aliphatic hydroxyl groups excluding tert-OH is 1. The molecule has 0 heterocycles. The zero-order valence-corrected chi connectivity index (χ0v) is 13.0. The summed E-state index contributed by atoms with van der Waals surface area (Å²) in [6.45, 7) is 0. The molecule has 0 saturated heterocycles. The third kappa shape index (κ3) is 3.17. The Balaban J connectivity index is 1.70. The van der Waals surface area contributed by atoms with Gasteiger partial charge in [0.1, 0.15) is 0 Å². The van der Waals surface area contributed by atoms with Crippen LogP contribution in [0.25, 0.3) is 0 Å². The van der Waals surface area contributed by atoms with E-state index in [-0.39, 0.29) is 11.9 Å². The van der Waals surface area contributed by atoms with Crippen LogP contribution in [-0.4, -0.2) is 17.1 Å². The maximum Gasteiger partial charge on any atom is 0.224 e. The molecule has 0 aliphatic heterocycles. The highest BCUT2D eigenvalue weighted by molar-refractivity contribution is 9.10. The highest BCUT2D eigenvalue weighted by Gasteiger charge is 2.31. The van der Waals surface area contributed by atoms with Crippen LogP contribution in [0.5, 0.6) is 0 Å². The lowest BCUT2D eigenvalue weighted by molar-refractivity contribution is -0.121. The Morgan fingerprint density at radius 3 is 2.86 bits per heavy atom. The number of benzene rings is 2. The highest BCUT2D eigenvalue weighted by Crippen LogP contribution is 2.31. The fraction of sp³-hybridized carbons (Fsp3) is 0.235. The summed E-state index contributed by atoms with van der Waals surface area (Å²) in [5.74, 6) is -0.0751. The van der Waals surface area contributed by atoms with Gasteiger partial charge < -0.3 is 10.4 Å². The standard InChI is InChI=1S/C17H16BrNO2/c18-13-6-3-4-11(8-13)9-16(21)19-17-14-7-2-1-5-12(14)10-15(17)20/h1-8,15,17,20H,9-10H2,(H,19,21)/t15-,17+/m0/s1. The third-order valence-electron chi connectivity index (χ3n) is 3.77. The fourth-order valence-electron chi connectivity index (χ4n) is 2.80. The first-order valence-corrected chi connectivity index (χ1v) is 7.72. The molecule has 3 rings (SSSR count). The van der Waals surface area contributed by atoms with Gasteiger partial charge in [-0.05, 0) is 28.8 Å². The third-order valence-corrected chi connectivity index (χ3v) is 4.27. The van der Waals surface area contributed by atoms with Crippen LogP contribution >= 0.6 is 15.9 Å². The van der Waals surface area contributed by atoms with E-state index in [1.165, 1.54) is 0 Å². The largest absolute Gasteiger partial charge is 0.390 e. The normalized spacial score (nSPS) is 20.1.